The van der Waals surface area contributed by atoms with Gasteiger partial charge in [0.05, 0.1) is 11.4 Å². The van der Waals surface area contributed by atoms with Crippen LogP contribution in [-0.4, -0.2) is 55.8 Å². The van der Waals surface area contributed by atoms with E-state index in [9.17, 15) is 18.0 Å². The highest BCUT2D eigenvalue weighted by Gasteiger charge is 2.33. The molecule has 0 aromatic heterocycles. The number of benzene rings is 2. The molecule has 0 aliphatic carbocycles. The molecule has 9 nitrogen and oxygen atoms in total. The SMILES string of the molecule is CCS(=O)(=O)N(CC(=O)N(Cc1c(Cl)cccc1Cl)C(C)C(=O)NC(C)(C)C)c1ccc2c(c1)OCO2. The number of ether oxygens (including phenoxy) is 2. The summed E-state index contributed by atoms with van der Waals surface area (Å²) in [5.41, 5.74) is 0.135. The zero-order valence-electron chi connectivity index (χ0n) is 21.4. The van der Waals surface area contributed by atoms with Crippen LogP contribution in [0.25, 0.3) is 0 Å². The van der Waals surface area contributed by atoms with Crippen molar-refractivity contribution in [2.75, 3.05) is 23.4 Å². The van der Waals surface area contributed by atoms with Crippen LogP contribution in [0.2, 0.25) is 10.0 Å². The van der Waals surface area contributed by atoms with Crippen LogP contribution < -0.4 is 19.1 Å². The smallest absolute Gasteiger partial charge is 0.244 e. The Morgan fingerprint density at radius 3 is 2.30 bits per heavy atom. The highest BCUT2D eigenvalue weighted by atomic mass is 35.5. The number of fused-ring (bicyclic) bond motifs is 1. The monoisotopic (exact) mass is 571 g/mol. The van der Waals surface area contributed by atoms with Crippen LogP contribution in [0.5, 0.6) is 11.5 Å². The van der Waals surface area contributed by atoms with Crippen molar-refractivity contribution in [3.63, 3.8) is 0 Å². The third kappa shape index (κ3) is 7.00. The van der Waals surface area contributed by atoms with Gasteiger partial charge in [0.15, 0.2) is 11.5 Å². The molecule has 1 atom stereocenters. The van der Waals surface area contributed by atoms with Gasteiger partial charge >= 0.3 is 0 Å². The molecule has 37 heavy (non-hydrogen) atoms. The van der Waals surface area contributed by atoms with Crippen LogP contribution in [0, 0.1) is 0 Å². The maximum atomic E-state index is 13.8. The van der Waals surface area contributed by atoms with Crippen molar-refractivity contribution in [2.45, 2.75) is 52.7 Å². The number of rotatable bonds is 9. The topological polar surface area (TPSA) is 105 Å². The largest absolute Gasteiger partial charge is 0.454 e. The summed E-state index contributed by atoms with van der Waals surface area (Å²) in [5, 5.41) is 3.51. The predicted molar refractivity (Wildman–Crippen MR) is 144 cm³/mol. The van der Waals surface area contributed by atoms with Crippen molar-refractivity contribution in [1.82, 2.24) is 10.2 Å². The van der Waals surface area contributed by atoms with Gasteiger partial charge in [0.25, 0.3) is 0 Å². The predicted octanol–water partition coefficient (Wildman–Crippen LogP) is 4.21. The van der Waals surface area contributed by atoms with E-state index in [-0.39, 0.29) is 24.8 Å². The molecule has 0 saturated carbocycles. The number of nitrogens with zero attached hydrogens (tertiary/aromatic N) is 2. The Morgan fingerprint density at radius 2 is 1.70 bits per heavy atom. The van der Waals surface area contributed by atoms with E-state index in [0.29, 0.717) is 27.1 Å². The number of sulfonamides is 1. The molecular weight excluding hydrogens is 541 g/mol. The molecule has 202 valence electrons. The van der Waals surface area contributed by atoms with Gasteiger partial charge in [-0.1, -0.05) is 29.3 Å². The first-order valence-corrected chi connectivity index (χ1v) is 14.0. The van der Waals surface area contributed by atoms with Crippen molar-refractivity contribution in [3.8, 4) is 11.5 Å². The Morgan fingerprint density at radius 1 is 1.08 bits per heavy atom. The van der Waals surface area contributed by atoms with E-state index in [1.807, 2.05) is 20.8 Å². The molecule has 1 heterocycles. The van der Waals surface area contributed by atoms with Gasteiger partial charge in [-0.05, 0) is 58.9 Å². The van der Waals surface area contributed by atoms with Gasteiger partial charge in [-0.2, -0.15) is 0 Å². The van der Waals surface area contributed by atoms with Gasteiger partial charge < -0.3 is 19.7 Å². The Kier molecular flexibility index (Phi) is 8.87. The molecule has 0 radical (unpaired) electrons. The van der Waals surface area contributed by atoms with Gasteiger partial charge in [-0.25, -0.2) is 8.42 Å². The lowest BCUT2D eigenvalue weighted by molar-refractivity contribution is -0.140. The molecule has 12 heteroatoms. The van der Waals surface area contributed by atoms with Gasteiger partial charge in [0.2, 0.25) is 28.6 Å². The molecule has 0 spiro atoms. The van der Waals surface area contributed by atoms with Crippen LogP contribution in [0.15, 0.2) is 36.4 Å². The Hall–Kier alpha value is -2.69. The fourth-order valence-electron chi connectivity index (χ4n) is 3.67. The maximum absolute atomic E-state index is 13.8. The number of halogens is 2. The first-order chi connectivity index (χ1) is 17.2. The van der Waals surface area contributed by atoms with Gasteiger partial charge in [0.1, 0.15) is 12.6 Å². The van der Waals surface area contributed by atoms with Crippen LogP contribution in [-0.2, 0) is 26.2 Å². The lowest BCUT2D eigenvalue weighted by Gasteiger charge is -2.33. The summed E-state index contributed by atoms with van der Waals surface area (Å²) in [6.07, 6.45) is 0. The molecular formula is C25H31Cl2N3O6S. The highest BCUT2D eigenvalue weighted by molar-refractivity contribution is 7.92. The molecule has 2 aromatic carbocycles. The second-order valence-corrected chi connectivity index (χ2v) is 12.6. The lowest BCUT2D eigenvalue weighted by atomic mass is 10.1. The number of anilines is 1. The standard InChI is InChI=1S/C25H31Cl2N3O6S/c1-6-37(33,34)30(17-10-11-21-22(12-17)36-15-35-21)14-23(31)29(16(2)24(32)28-25(3,4)5)13-18-19(26)8-7-9-20(18)27/h7-12,16H,6,13-15H2,1-5H3,(H,28,32). The average Bonchev–Trinajstić information content (AvgIpc) is 3.28. The summed E-state index contributed by atoms with van der Waals surface area (Å²) >= 11 is 12.7. The minimum Gasteiger partial charge on any atom is -0.454 e. The summed E-state index contributed by atoms with van der Waals surface area (Å²) in [6, 6.07) is 8.61. The van der Waals surface area contributed by atoms with Crippen LogP contribution in [0.4, 0.5) is 5.69 Å². The van der Waals surface area contributed by atoms with Gasteiger partial charge in [0, 0.05) is 33.8 Å². The molecule has 2 aromatic rings. The minimum atomic E-state index is -3.89. The average molecular weight is 573 g/mol. The van der Waals surface area contributed by atoms with Crippen LogP contribution >= 0.6 is 23.2 Å². The van der Waals surface area contributed by atoms with Crippen molar-refractivity contribution in [1.29, 1.82) is 0 Å². The van der Waals surface area contributed by atoms with E-state index < -0.39 is 40.0 Å². The fourth-order valence-corrected chi connectivity index (χ4v) is 5.24. The summed E-state index contributed by atoms with van der Waals surface area (Å²) in [6.45, 7) is 7.90. The third-order valence-electron chi connectivity index (χ3n) is 5.68. The summed E-state index contributed by atoms with van der Waals surface area (Å²) < 4.78 is 37.9. The minimum absolute atomic E-state index is 0.0189. The quantitative estimate of drug-likeness (QED) is 0.483. The second-order valence-electron chi connectivity index (χ2n) is 9.58. The van der Waals surface area contributed by atoms with E-state index in [4.69, 9.17) is 32.7 Å². The number of nitrogens with one attached hydrogen (secondary N) is 1. The number of carbonyl (C=O) groups excluding carboxylic acids is 2. The molecule has 1 unspecified atom stereocenters. The zero-order chi connectivity index (χ0) is 27.5. The van der Waals surface area contributed by atoms with E-state index >= 15 is 0 Å². The maximum Gasteiger partial charge on any atom is 0.244 e. The van der Waals surface area contributed by atoms with Crippen molar-refractivity contribution < 1.29 is 27.5 Å². The van der Waals surface area contributed by atoms with E-state index in [1.165, 1.54) is 17.9 Å². The zero-order valence-corrected chi connectivity index (χ0v) is 23.7. The van der Waals surface area contributed by atoms with Crippen LogP contribution in [0.1, 0.15) is 40.2 Å². The summed E-state index contributed by atoms with van der Waals surface area (Å²) in [5.74, 6) is -0.407. The molecule has 0 bridgehead atoms. The number of carbonyl (C=O) groups is 2. The van der Waals surface area contributed by atoms with Crippen molar-refractivity contribution in [3.05, 3.63) is 52.0 Å². The second kappa shape index (κ2) is 11.4. The first-order valence-electron chi connectivity index (χ1n) is 11.7. The van der Waals surface area contributed by atoms with E-state index in [2.05, 4.69) is 5.32 Å². The molecule has 3 rings (SSSR count). The summed E-state index contributed by atoms with van der Waals surface area (Å²) in [7, 11) is -3.89. The number of amides is 2. The Balaban J connectivity index is 1.99. The molecule has 0 saturated heterocycles. The van der Waals surface area contributed by atoms with Crippen molar-refractivity contribution in [2.24, 2.45) is 0 Å². The Labute approximate surface area is 227 Å². The third-order valence-corrected chi connectivity index (χ3v) is 8.13. The van der Waals surface area contributed by atoms with E-state index in [1.54, 1.807) is 37.3 Å². The normalized spacial score (nSPS) is 13.7. The fraction of sp³-hybridized carbons (Fsp3) is 0.440. The molecule has 1 N–H and O–H groups in total. The number of hydrogen-bond donors (Lipinski definition) is 1. The first kappa shape index (κ1) is 28.9. The summed E-state index contributed by atoms with van der Waals surface area (Å²) in [4.78, 5) is 28.1. The van der Waals surface area contributed by atoms with Gasteiger partial charge in [-0.3, -0.25) is 13.9 Å². The van der Waals surface area contributed by atoms with Crippen LogP contribution in [0.3, 0.4) is 0 Å². The number of hydrogen-bond acceptors (Lipinski definition) is 6. The highest BCUT2D eigenvalue weighted by Crippen LogP contribution is 2.36. The van der Waals surface area contributed by atoms with Crippen molar-refractivity contribution >= 4 is 50.7 Å². The van der Waals surface area contributed by atoms with E-state index in [0.717, 1.165) is 4.31 Å². The Bertz CT molecular complexity index is 1260. The molecule has 2 amide bonds. The molecule has 1 aliphatic heterocycles. The van der Waals surface area contributed by atoms with Gasteiger partial charge in [-0.15, -0.1) is 0 Å². The lowest BCUT2D eigenvalue weighted by Crippen LogP contribution is -2.54. The molecule has 0 fully saturated rings. The molecule has 1 aliphatic rings.